The average Bonchev–Trinajstić information content (AvgIpc) is 2.82. The SMILES string of the molecule is COc1cccc(CNC[C@@H]2CCOC2)c1. The van der Waals surface area contributed by atoms with Crippen molar-refractivity contribution in [3.63, 3.8) is 0 Å². The van der Waals surface area contributed by atoms with Gasteiger partial charge in [-0.25, -0.2) is 0 Å². The molecule has 1 fully saturated rings. The molecule has 1 N–H and O–H groups in total. The predicted molar refractivity (Wildman–Crippen MR) is 63.6 cm³/mol. The van der Waals surface area contributed by atoms with Crippen molar-refractivity contribution < 1.29 is 9.47 Å². The first-order chi connectivity index (χ1) is 7.88. The molecule has 0 unspecified atom stereocenters. The van der Waals surface area contributed by atoms with E-state index in [-0.39, 0.29) is 0 Å². The highest BCUT2D eigenvalue weighted by Gasteiger charge is 2.14. The highest BCUT2D eigenvalue weighted by Crippen LogP contribution is 2.13. The monoisotopic (exact) mass is 221 g/mol. The summed E-state index contributed by atoms with van der Waals surface area (Å²) in [4.78, 5) is 0. The van der Waals surface area contributed by atoms with Crippen LogP contribution in [-0.4, -0.2) is 26.9 Å². The average molecular weight is 221 g/mol. The quantitative estimate of drug-likeness (QED) is 0.822. The molecule has 1 aromatic carbocycles. The van der Waals surface area contributed by atoms with E-state index >= 15 is 0 Å². The third-order valence-corrected chi connectivity index (χ3v) is 2.92. The second-order valence-electron chi connectivity index (χ2n) is 4.21. The summed E-state index contributed by atoms with van der Waals surface area (Å²) in [7, 11) is 1.70. The Kier molecular flexibility index (Phi) is 4.19. The minimum atomic E-state index is 0.686. The van der Waals surface area contributed by atoms with E-state index in [1.807, 2.05) is 12.1 Å². The van der Waals surface area contributed by atoms with Crippen molar-refractivity contribution in [2.24, 2.45) is 5.92 Å². The van der Waals surface area contributed by atoms with Crippen LogP contribution >= 0.6 is 0 Å². The van der Waals surface area contributed by atoms with Crippen molar-refractivity contribution >= 4 is 0 Å². The zero-order valence-electron chi connectivity index (χ0n) is 9.74. The van der Waals surface area contributed by atoms with Crippen LogP contribution < -0.4 is 10.1 Å². The van der Waals surface area contributed by atoms with Gasteiger partial charge in [0.2, 0.25) is 0 Å². The highest BCUT2D eigenvalue weighted by molar-refractivity contribution is 5.28. The third-order valence-electron chi connectivity index (χ3n) is 2.92. The highest BCUT2D eigenvalue weighted by atomic mass is 16.5. The van der Waals surface area contributed by atoms with E-state index in [1.165, 1.54) is 12.0 Å². The van der Waals surface area contributed by atoms with E-state index in [1.54, 1.807) is 7.11 Å². The summed E-state index contributed by atoms with van der Waals surface area (Å²) in [6, 6.07) is 8.17. The van der Waals surface area contributed by atoms with Gasteiger partial charge < -0.3 is 14.8 Å². The Balaban J connectivity index is 1.75. The molecule has 0 radical (unpaired) electrons. The number of methoxy groups -OCH3 is 1. The maximum atomic E-state index is 5.34. The molecule has 1 saturated heterocycles. The van der Waals surface area contributed by atoms with Gasteiger partial charge in [0.25, 0.3) is 0 Å². The van der Waals surface area contributed by atoms with Gasteiger partial charge in [-0.1, -0.05) is 12.1 Å². The summed E-state index contributed by atoms with van der Waals surface area (Å²) >= 11 is 0. The zero-order valence-corrected chi connectivity index (χ0v) is 9.74. The van der Waals surface area contributed by atoms with Gasteiger partial charge in [-0.05, 0) is 30.0 Å². The molecule has 1 aliphatic rings. The second kappa shape index (κ2) is 5.87. The molecule has 0 spiro atoms. The molecule has 88 valence electrons. The first kappa shape index (κ1) is 11.4. The van der Waals surface area contributed by atoms with Crippen LogP contribution in [0.4, 0.5) is 0 Å². The number of hydrogen-bond acceptors (Lipinski definition) is 3. The topological polar surface area (TPSA) is 30.5 Å². The van der Waals surface area contributed by atoms with Gasteiger partial charge in [0.15, 0.2) is 0 Å². The fourth-order valence-corrected chi connectivity index (χ4v) is 1.95. The van der Waals surface area contributed by atoms with E-state index in [9.17, 15) is 0 Å². The van der Waals surface area contributed by atoms with Crippen molar-refractivity contribution in [3.8, 4) is 5.75 Å². The Morgan fingerprint density at radius 3 is 3.19 bits per heavy atom. The van der Waals surface area contributed by atoms with Crippen molar-refractivity contribution in [2.45, 2.75) is 13.0 Å². The largest absolute Gasteiger partial charge is 0.497 e. The summed E-state index contributed by atoms with van der Waals surface area (Å²) in [6.45, 7) is 3.77. The number of benzene rings is 1. The predicted octanol–water partition coefficient (Wildman–Crippen LogP) is 1.82. The van der Waals surface area contributed by atoms with Crippen LogP contribution in [0.15, 0.2) is 24.3 Å². The van der Waals surface area contributed by atoms with Crippen molar-refractivity contribution in [2.75, 3.05) is 26.9 Å². The molecule has 0 amide bonds. The molecule has 0 bridgehead atoms. The van der Waals surface area contributed by atoms with Gasteiger partial charge in [0.05, 0.1) is 13.7 Å². The fourth-order valence-electron chi connectivity index (χ4n) is 1.95. The molecule has 16 heavy (non-hydrogen) atoms. The lowest BCUT2D eigenvalue weighted by Gasteiger charge is -2.10. The number of hydrogen-bond donors (Lipinski definition) is 1. The second-order valence-corrected chi connectivity index (χ2v) is 4.21. The Bertz CT molecular complexity index is 321. The van der Waals surface area contributed by atoms with E-state index < -0.39 is 0 Å². The molecule has 1 heterocycles. The third kappa shape index (κ3) is 3.22. The van der Waals surface area contributed by atoms with Crippen LogP contribution in [0.1, 0.15) is 12.0 Å². The first-order valence-corrected chi connectivity index (χ1v) is 5.80. The van der Waals surface area contributed by atoms with E-state index in [2.05, 4.69) is 17.4 Å². The molecule has 1 atom stereocenters. The fraction of sp³-hybridized carbons (Fsp3) is 0.538. The Morgan fingerprint density at radius 1 is 1.50 bits per heavy atom. The van der Waals surface area contributed by atoms with Crippen LogP contribution in [0, 0.1) is 5.92 Å². The van der Waals surface area contributed by atoms with E-state index in [0.29, 0.717) is 5.92 Å². The van der Waals surface area contributed by atoms with Gasteiger partial charge in [-0.2, -0.15) is 0 Å². The molecular weight excluding hydrogens is 202 g/mol. The molecule has 3 nitrogen and oxygen atoms in total. The lowest BCUT2D eigenvalue weighted by Crippen LogP contribution is -2.22. The molecule has 0 aliphatic carbocycles. The summed E-state index contributed by atoms with van der Waals surface area (Å²) < 4.78 is 10.5. The van der Waals surface area contributed by atoms with E-state index in [4.69, 9.17) is 9.47 Å². The minimum absolute atomic E-state index is 0.686. The Labute approximate surface area is 96.8 Å². The summed E-state index contributed by atoms with van der Waals surface area (Å²) in [5.41, 5.74) is 1.26. The maximum absolute atomic E-state index is 5.34. The normalized spacial score (nSPS) is 19.9. The van der Waals surface area contributed by atoms with Crippen LogP contribution in [0.2, 0.25) is 0 Å². The standard InChI is InChI=1S/C13H19NO2/c1-15-13-4-2-3-11(7-13)8-14-9-12-5-6-16-10-12/h2-4,7,12,14H,5-6,8-10H2,1H3/t12-/m0/s1. The molecule has 1 aliphatic heterocycles. The van der Waals surface area contributed by atoms with Crippen molar-refractivity contribution in [3.05, 3.63) is 29.8 Å². The Morgan fingerprint density at radius 2 is 2.44 bits per heavy atom. The van der Waals surface area contributed by atoms with Gasteiger partial charge in [-0.15, -0.1) is 0 Å². The smallest absolute Gasteiger partial charge is 0.119 e. The first-order valence-electron chi connectivity index (χ1n) is 5.80. The Hall–Kier alpha value is -1.06. The summed E-state index contributed by atoms with van der Waals surface area (Å²) in [6.07, 6.45) is 1.19. The maximum Gasteiger partial charge on any atom is 0.119 e. The number of rotatable bonds is 5. The van der Waals surface area contributed by atoms with Gasteiger partial charge in [0.1, 0.15) is 5.75 Å². The summed E-state index contributed by atoms with van der Waals surface area (Å²) in [5, 5.41) is 3.46. The lowest BCUT2D eigenvalue weighted by atomic mass is 10.1. The molecule has 3 heteroatoms. The lowest BCUT2D eigenvalue weighted by molar-refractivity contribution is 0.185. The van der Waals surface area contributed by atoms with Crippen molar-refractivity contribution in [1.29, 1.82) is 0 Å². The van der Waals surface area contributed by atoms with Crippen LogP contribution in [-0.2, 0) is 11.3 Å². The minimum Gasteiger partial charge on any atom is -0.497 e. The molecule has 2 rings (SSSR count). The van der Waals surface area contributed by atoms with Gasteiger partial charge in [-0.3, -0.25) is 0 Å². The van der Waals surface area contributed by atoms with Crippen LogP contribution in [0.3, 0.4) is 0 Å². The van der Waals surface area contributed by atoms with Crippen LogP contribution in [0.25, 0.3) is 0 Å². The zero-order chi connectivity index (χ0) is 11.2. The molecular formula is C13H19NO2. The number of nitrogens with one attached hydrogen (secondary N) is 1. The molecule has 0 saturated carbocycles. The van der Waals surface area contributed by atoms with Crippen LogP contribution in [0.5, 0.6) is 5.75 Å². The van der Waals surface area contributed by atoms with Gasteiger partial charge in [0, 0.05) is 19.7 Å². The molecule has 0 aromatic heterocycles. The summed E-state index contributed by atoms with van der Waals surface area (Å²) in [5.74, 6) is 1.61. The van der Waals surface area contributed by atoms with Crippen molar-refractivity contribution in [1.82, 2.24) is 5.32 Å². The number of ether oxygens (including phenoxy) is 2. The van der Waals surface area contributed by atoms with Gasteiger partial charge >= 0.3 is 0 Å². The molecule has 1 aromatic rings. The van der Waals surface area contributed by atoms with E-state index in [0.717, 1.165) is 32.1 Å².